The number of carbonyl (C=O) groups is 1. The minimum Gasteiger partial charge on any atom is -0.466 e. The largest absolute Gasteiger partial charge is 0.466 e. The molecule has 13 heavy (non-hydrogen) atoms. The van der Waals surface area contributed by atoms with E-state index in [2.05, 4.69) is 4.74 Å². The van der Waals surface area contributed by atoms with E-state index in [4.69, 9.17) is 4.11 Å². The molecule has 0 heterocycles. The number of esters is 1. The van der Waals surface area contributed by atoms with Gasteiger partial charge in [0.05, 0.1) is 7.11 Å². The van der Waals surface area contributed by atoms with Gasteiger partial charge in [-0.1, -0.05) is 30.3 Å². The molecular weight excluding hydrogens is 164 g/mol. The molecule has 0 saturated carbocycles. The predicted octanol–water partition coefficient (Wildman–Crippen LogP) is 2.26. The van der Waals surface area contributed by atoms with Crippen molar-refractivity contribution in [1.29, 1.82) is 0 Å². The zero-order valence-electron chi connectivity index (χ0n) is 10.3. The van der Waals surface area contributed by atoms with Crippen LogP contribution in [-0.4, -0.2) is 13.1 Å². The Bertz CT molecular complexity index is 393. The molecule has 0 spiro atoms. The number of rotatable bonds is 2. The van der Waals surface area contributed by atoms with E-state index >= 15 is 0 Å². The fourth-order valence-corrected chi connectivity index (χ4v) is 0.885. The maximum atomic E-state index is 11.3. The number of methoxy groups -OCH3 is 1. The molecule has 0 amide bonds. The van der Waals surface area contributed by atoms with Crippen LogP contribution >= 0.6 is 0 Å². The van der Waals surface area contributed by atoms with Crippen molar-refractivity contribution < 1.29 is 13.6 Å². The lowest BCUT2D eigenvalue weighted by atomic mass is 10.1. The molecule has 0 aliphatic heterocycles. The second-order valence-electron chi connectivity index (χ2n) is 2.46. The van der Waals surface area contributed by atoms with Gasteiger partial charge in [0, 0.05) is 9.69 Å². The molecule has 0 atom stereocenters. The van der Waals surface area contributed by atoms with Gasteiger partial charge < -0.3 is 4.74 Å². The van der Waals surface area contributed by atoms with Crippen molar-refractivity contribution in [2.45, 2.75) is 6.85 Å². The van der Waals surface area contributed by atoms with Gasteiger partial charge in [-0.2, -0.15) is 0 Å². The summed E-state index contributed by atoms with van der Waals surface area (Å²) in [6, 6.07) is 8.77. The molecule has 1 aromatic rings. The molecule has 0 aromatic heterocycles. The molecule has 68 valence electrons. The minimum absolute atomic E-state index is 0.318. The first-order chi connectivity index (χ1) is 7.45. The van der Waals surface area contributed by atoms with E-state index in [0.29, 0.717) is 5.56 Å². The van der Waals surface area contributed by atoms with Crippen molar-refractivity contribution >= 4 is 12.0 Å². The van der Waals surface area contributed by atoms with Gasteiger partial charge in [-0.05, 0) is 18.5 Å². The van der Waals surface area contributed by atoms with Crippen molar-refractivity contribution in [3.05, 3.63) is 41.5 Å². The quantitative estimate of drug-likeness (QED) is 0.514. The summed E-state index contributed by atoms with van der Waals surface area (Å²) in [5, 5.41) is 0. The van der Waals surface area contributed by atoms with Crippen LogP contribution in [0, 0.1) is 0 Å². The Morgan fingerprint density at radius 2 is 2.15 bits per heavy atom. The fourth-order valence-electron chi connectivity index (χ4n) is 0.885. The Labute approximate surface area is 82.1 Å². The van der Waals surface area contributed by atoms with Gasteiger partial charge in [0.15, 0.2) is 0 Å². The highest BCUT2D eigenvalue weighted by atomic mass is 16.5. The van der Waals surface area contributed by atoms with Gasteiger partial charge in [0.2, 0.25) is 0 Å². The van der Waals surface area contributed by atoms with Crippen LogP contribution in [-0.2, 0) is 9.53 Å². The lowest BCUT2D eigenvalue weighted by Crippen LogP contribution is -2.00. The van der Waals surface area contributed by atoms with Crippen LogP contribution in [0.4, 0.5) is 0 Å². The lowest BCUT2D eigenvalue weighted by Gasteiger charge is -1.98. The Hall–Kier alpha value is -1.57. The molecule has 1 aromatic carbocycles. The monoisotopic (exact) mass is 179 g/mol. The van der Waals surface area contributed by atoms with Gasteiger partial charge in [0.1, 0.15) is 0 Å². The van der Waals surface area contributed by atoms with Crippen LogP contribution in [0.15, 0.2) is 35.9 Å². The third-order valence-corrected chi connectivity index (χ3v) is 1.52. The topological polar surface area (TPSA) is 26.3 Å². The van der Waals surface area contributed by atoms with E-state index in [1.54, 1.807) is 24.3 Å². The third kappa shape index (κ3) is 2.75. The average molecular weight is 179 g/mol. The van der Waals surface area contributed by atoms with Crippen LogP contribution in [0.5, 0.6) is 0 Å². The summed E-state index contributed by atoms with van der Waals surface area (Å²) in [4.78, 5) is 11.3. The molecule has 2 heteroatoms. The van der Waals surface area contributed by atoms with Crippen molar-refractivity contribution in [1.82, 2.24) is 0 Å². The third-order valence-electron chi connectivity index (χ3n) is 1.52. The molecule has 1 rings (SSSR count). The summed E-state index contributed by atoms with van der Waals surface area (Å²) >= 11 is 0. The highest BCUT2D eigenvalue weighted by Gasteiger charge is 2.01. The summed E-state index contributed by atoms with van der Waals surface area (Å²) in [5.74, 6) is -0.830. The summed E-state index contributed by atoms with van der Waals surface area (Å²) in [6.07, 6.45) is 1.32. The van der Waals surface area contributed by atoms with E-state index in [9.17, 15) is 4.79 Å². The zero-order valence-corrected chi connectivity index (χ0v) is 7.28. The van der Waals surface area contributed by atoms with Gasteiger partial charge >= 0.3 is 5.97 Å². The Morgan fingerprint density at radius 3 is 2.69 bits per heavy atom. The molecule has 0 saturated heterocycles. The Balaban J connectivity index is 3.12. The van der Waals surface area contributed by atoms with Crippen LogP contribution in [0.2, 0.25) is 0 Å². The van der Waals surface area contributed by atoms with Crippen LogP contribution in [0.25, 0.3) is 6.08 Å². The van der Waals surface area contributed by atoms with E-state index in [1.165, 1.54) is 6.08 Å². The zero-order chi connectivity index (χ0) is 12.2. The van der Waals surface area contributed by atoms with Crippen LogP contribution in [0.1, 0.15) is 16.5 Å². The fraction of sp³-hybridized carbons (Fsp3) is 0.182. The standard InChI is InChI=1S/C11H12O2/c1-9(11(12)13-2)8-10-6-4-3-5-7-10/h3-8H,1-2H3/b9-8+/i1D3. The number of carbonyl (C=O) groups excluding carboxylic acids is 1. The van der Waals surface area contributed by atoms with Crippen LogP contribution in [0.3, 0.4) is 0 Å². The highest BCUT2D eigenvalue weighted by molar-refractivity contribution is 5.92. The Kier molecular flexibility index (Phi) is 2.05. The SMILES string of the molecule is [2H]C([2H])([2H])/C(=C\c1ccccc1)C(=O)OC. The van der Waals surface area contributed by atoms with Gasteiger partial charge in [0.25, 0.3) is 0 Å². The maximum absolute atomic E-state index is 11.3. The predicted molar refractivity (Wildman–Crippen MR) is 52.1 cm³/mol. The summed E-state index contributed by atoms with van der Waals surface area (Å²) < 4.78 is 26.2. The first-order valence-electron chi connectivity index (χ1n) is 5.30. The maximum Gasteiger partial charge on any atom is 0.333 e. The number of ether oxygens (including phenoxy) is 1. The normalized spacial score (nSPS) is 15.5. The van der Waals surface area contributed by atoms with Crippen LogP contribution < -0.4 is 0 Å². The first-order valence-corrected chi connectivity index (χ1v) is 3.80. The average Bonchev–Trinajstić information content (AvgIpc) is 2.25. The summed E-state index contributed by atoms with van der Waals surface area (Å²) in [5.41, 5.74) is 0.334. The van der Waals surface area contributed by atoms with Crippen molar-refractivity contribution in [2.24, 2.45) is 0 Å². The first kappa shape index (κ1) is 5.97. The van der Waals surface area contributed by atoms with E-state index in [0.717, 1.165) is 7.11 Å². The molecule has 0 fully saturated rings. The van der Waals surface area contributed by atoms with Crippen molar-refractivity contribution in [2.75, 3.05) is 7.11 Å². The summed E-state index contributed by atoms with van der Waals surface area (Å²) in [7, 11) is 1.16. The Morgan fingerprint density at radius 1 is 1.46 bits per heavy atom. The van der Waals surface area contributed by atoms with Gasteiger partial charge in [-0.15, -0.1) is 0 Å². The molecule has 0 bridgehead atoms. The number of hydrogen-bond acceptors (Lipinski definition) is 2. The molecule has 2 nitrogen and oxygen atoms in total. The van der Waals surface area contributed by atoms with E-state index in [-0.39, 0.29) is 5.57 Å². The van der Waals surface area contributed by atoms with Crippen molar-refractivity contribution in [3.8, 4) is 0 Å². The molecule has 0 aliphatic rings. The minimum atomic E-state index is -2.47. The molecular formula is C11H12O2. The molecule has 0 unspecified atom stereocenters. The summed E-state index contributed by atoms with van der Waals surface area (Å²) in [6.45, 7) is -2.47. The molecule has 0 N–H and O–H groups in total. The number of hydrogen-bond donors (Lipinski definition) is 0. The van der Waals surface area contributed by atoms with Gasteiger partial charge in [-0.25, -0.2) is 4.79 Å². The molecule has 0 aliphatic carbocycles. The lowest BCUT2D eigenvalue weighted by molar-refractivity contribution is -0.135. The smallest absolute Gasteiger partial charge is 0.333 e. The van der Waals surface area contributed by atoms with Gasteiger partial charge in [-0.3, -0.25) is 0 Å². The highest BCUT2D eigenvalue weighted by Crippen LogP contribution is 2.06. The van der Waals surface area contributed by atoms with E-state index < -0.39 is 12.8 Å². The number of benzene rings is 1. The second-order valence-corrected chi connectivity index (χ2v) is 2.46. The second kappa shape index (κ2) is 4.45. The molecule has 0 radical (unpaired) electrons. The van der Waals surface area contributed by atoms with Crippen molar-refractivity contribution in [3.63, 3.8) is 0 Å². The van der Waals surface area contributed by atoms with E-state index in [1.807, 2.05) is 6.07 Å².